The number of nitrogens with zero attached hydrogens (tertiary/aromatic N) is 1. The predicted octanol–water partition coefficient (Wildman–Crippen LogP) is 1.46. The van der Waals surface area contributed by atoms with Crippen molar-refractivity contribution in [1.29, 1.82) is 5.26 Å². The fraction of sp³-hybridized carbons (Fsp3) is 0.385. The molecule has 0 fully saturated rings. The first kappa shape index (κ1) is 14.0. The molecule has 96 valence electrons. The van der Waals surface area contributed by atoms with E-state index in [1.54, 1.807) is 13.8 Å². The van der Waals surface area contributed by atoms with Gasteiger partial charge in [-0.1, -0.05) is 0 Å². The van der Waals surface area contributed by atoms with Gasteiger partial charge < -0.3 is 15.6 Å². The van der Waals surface area contributed by atoms with Crippen LogP contribution in [-0.2, 0) is 9.53 Å². The van der Waals surface area contributed by atoms with Crippen molar-refractivity contribution in [2.24, 2.45) is 11.1 Å². The Balaban J connectivity index is 3.22. The number of methoxy groups -OCH3 is 1. The van der Waals surface area contributed by atoms with Crippen molar-refractivity contribution >= 4 is 5.97 Å². The maximum atomic E-state index is 11.7. The Morgan fingerprint density at radius 3 is 2.67 bits per heavy atom. The summed E-state index contributed by atoms with van der Waals surface area (Å²) in [4.78, 5) is 11.7. The molecule has 1 atom stereocenters. The zero-order valence-electron chi connectivity index (χ0n) is 10.6. The molecule has 5 heteroatoms. The van der Waals surface area contributed by atoms with E-state index in [1.807, 2.05) is 6.07 Å². The molecule has 0 aliphatic heterocycles. The van der Waals surface area contributed by atoms with E-state index in [2.05, 4.69) is 4.74 Å². The Bertz CT molecular complexity index is 503. The Morgan fingerprint density at radius 1 is 1.56 bits per heavy atom. The summed E-state index contributed by atoms with van der Waals surface area (Å²) >= 11 is 0. The van der Waals surface area contributed by atoms with Crippen LogP contribution < -0.4 is 5.73 Å². The lowest BCUT2D eigenvalue weighted by Crippen LogP contribution is -2.37. The molecule has 3 N–H and O–H groups in total. The molecule has 0 heterocycles. The van der Waals surface area contributed by atoms with Gasteiger partial charge in [-0.15, -0.1) is 0 Å². The SMILES string of the molecule is COC(=O)C(C)(C)[C@H](N)c1cc(C#N)ccc1O. The van der Waals surface area contributed by atoms with Gasteiger partial charge in [0.2, 0.25) is 0 Å². The zero-order valence-corrected chi connectivity index (χ0v) is 10.6. The third kappa shape index (κ3) is 2.44. The van der Waals surface area contributed by atoms with Gasteiger partial charge >= 0.3 is 5.97 Å². The number of phenolic OH excluding ortho intramolecular Hbond substituents is 1. The van der Waals surface area contributed by atoms with E-state index in [9.17, 15) is 9.90 Å². The molecular formula is C13H16N2O3. The average Bonchev–Trinajstić information content (AvgIpc) is 2.37. The van der Waals surface area contributed by atoms with E-state index < -0.39 is 17.4 Å². The number of hydrogen-bond donors (Lipinski definition) is 2. The number of carbonyl (C=O) groups is 1. The van der Waals surface area contributed by atoms with Gasteiger partial charge in [0.15, 0.2) is 0 Å². The average molecular weight is 248 g/mol. The van der Waals surface area contributed by atoms with E-state index in [-0.39, 0.29) is 5.75 Å². The number of aromatic hydroxyl groups is 1. The molecule has 1 rings (SSSR count). The Morgan fingerprint density at radius 2 is 2.17 bits per heavy atom. The first-order valence-electron chi connectivity index (χ1n) is 5.41. The quantitative estimate of drug-likeness (QED) is 0.789. The molecule has 0 unspecified atom stereocenters. The monoisotopic (exact) mass is 248 g/mol. The minimum atomic E-state index is -1.000. The first-order chi connectivity index (χ1) is 8.34. The molecular weight excluding hydrogens is 232 g/mol. The lowest BCUT2D eigenvalue weighted by molar-refractivity contribution is -0.152. The van der Waals surface area contributed by atoms with Crippen molar-refractivity contribution in [3.8, 4) is 11.8 Å². The van der Waals surface area contributed by atoms with Crippen LogP contribution in [-0.4, -0.2) is 18.2 Å². The number of hydrogen-bond acceptors (Lipinski definition) is 5. The summed E-state index contributed by atoms with van der Waals surface area (Å²) in [5, 5.41) is 18.6. The van der Waals surface area contributed by atoms with Gasteiger partial charge in [-0.3, -0.25) is 4.79 Å². The highest BCUT2D eigenvalue weighted by atomic mass is 16.5. The van der Waals surface area contributed by atoms with Crippen LogP contribution in [0.15, 0.2) is 18.2 Å². The topological polar surface area (TPSA) is 96.3 Å². The van der Waals surface area contributed by atoms with E-state index in [4.69, 9.17) is 11.0 Å². The predicted molar refractivity (Wildman–Crippen MR) is 65.5 cm³/mol. The summed E-state index contributed by atoms with van der Waals surface area (Å²) < 4.78 is 4.69. The molecule has 0 radical (unpaired) electrons. The third-order valence-corrected chi connectivity index (χ3v) is 2.98. The molecule has 0 spiro atoms. The number of carbonyl (C=O) groups excluding carboxylic acids is 1. The van der Waals surface area contributed by atoms with Crippen molar-refractivity contribution < 1.29 is 14.6 Å². The van der Waals surface area contributed by atoms with Crippen molar-refractivity contribution in [3.63, 3.8) is 0 Å². The number of esters is 1. The summed E-state index contributed by atoms with van der Waals surface area (Å²) in [6.07, 6.45) is 0. The van der Waals surface area contributed by atoms with Crippen molar-refractivity contribution in [2.75, 3.05) is 7.11 Å². The summed E-state index contributed by atoms with van der Waals surface area (Å²) in [6.45, 7) is 3.25. The Kier molecular flexibility index (Phi) is 3.94. The lowest BCUT2D eigenvalue weighted by Gasteiger charge is -2.29. The molecule has 0 aliphatic carbocycles. The standard InChI is InChI=1S/C13H16N2O3/c1-13(2,12(17)18-3)11(15)9-6-8(7-14)4-5-10(9)16/h4-6,11,16H,15H2,1-3H3/t11-/m1/s1. The highest BCUT2D eigenvalue weighted by molar-refractivity contribution is 5.77. The van der Waals surface area contributed by atoms with Crippen LogP contribution >= 0.6 is 0 Å². The second kappa shape index (κ2) is 5.07. The van der Waals surface area contributed by atoms with Gasteiger partial charge in [-0.05, 0) is 32.0 Å². The number of benzene rings is 1. The van der Waals surface area contributed by atoms with Crippen molar-refractivity contribution in [1.82, 2.24) is 0 Å². The second-order valence-corrected chi connectivity index (χ2v) is 4.58. The number of phenols is 1. The van der Waals surface area contributed by atoms with E-state index in [1.165, 1.54) is 25.3 Å². The van der Waals surface area contributed by atoms with Gasteiger partial charge in [-0.2, -0.15) is 5.26 Å². The van der Waals surface area contributed by atoms with Gasteiger partial charge in [0.25, 0.3) is 0 Å². The summed E-state index contributed by atoms with van der Waals surface area (Å²) in [7, 11) is 1.28. The molecule has 0 saturated carbocycles. The smallest absolute Gasteiger partial charge is 0.313 e. The van der Waals surface area contributed by atoms with E-state index >= 15 is 0 Å². The molecule has 1 aromatic carbocycles. The largest absolute Gasteiger partial charge is 0.508 e. The Labute approximate surface area is 106 Å². The van der Waals surface area contributed by atoms with Gasteiger partial charge in [0.1, 0.15) is 5.75 Å². The maximum Gasteiger partial charge on any atom is 0.313 e. The van der Waals surface area contributed by atoms with Crippen LogP contribution in [0.2, 0.25) is 0 Å². The van der Waals surface area contributed by atoms with Crippen LogP contribution in [0.5, 0.6) is 5.75 Å². The van der Waals surface area contributed by atoms with Crippen LogP contribution in [0.1, 0.15) is 31.0 Å². The number of ether oxygens (including phenoxy) is 1. The highest BCUT2D eigenvalue weighted by Gasteiger charge is 2.37. The summed E-state index contributed by atoms with van der Waals surface area (Å²) in [5.74, 6) is -0.518. The fourth-order valence-electron chi connectivity index (χ4n) is 1.65. The summed E-state index contributed by atoms with van der Waals surface area (Å²) in [5.41, 5.74) is 5.73. The molecule has 0 amide bonds. The molecule has 0 aromatic heterocycles. The van der Waals surface area contributed by atoms with Crippen LogP contribution in [0.4, 0.5) is 0 Å². The Hall–Kier alpha value is -2.06. The fourth-order valence-corrected chi connectivity index (χ4v) is 1.65. The highest BCUT2D eigenvalue weighted by Crippen LogP contribution is 2.36. The summed E-state index contributed by atoms with van der Waals surface area (Å²) in [6, 6.07) is 5.55. The molecule has 18 heavy (non-hydrogen) atoms. The first-order valence-corrected chi connectivity index (χ1v) is 5.41. The number of nitrogens with two attached hydrogens (primary N) is 1. The maximum absolute atomic E-state index is 11.7. The minimum Gasteiger partial charge on any atom is -0.508 e. The second-order valence-electron chi connectivity index (χ2n) is 4.58. The van der Waals surface area contributed by atoms with Crippen LogP contribution in [0, 0.1) is 16.7 Å². The number of rotatable bonds is 3. The molecule has 0 bridgehead atoms. The van der Waals surface area contributed by atoms with Gasteiger partial charge in [0.05, 0.1) is 24.2 Å². The molecule has 0 saturated heterocycles. The lowest BCUT2D eigenvalue weighted by atomic mass is 9.80. The normalized spacial score (nSPS) is 12.6. The molecule has 1 aromatic rings. The zero-order chi connectivity index (χ0) is 13.9. The number of nitriles is 1. The van der Waals surface area contributed by atoms with Gasteiger partial charge in [0, 0.05) is 11.6 Å². The van der Waals surface area contributed by atoms with Crippen LogP contribution in [0.3, 0.4) is 0 Å². The van der Waals surface area contributed by atoms with E-state index in [0.29, 0.717) is 11.1 Å². The third-order valence-electron chi connectivity index (χ3n) is 2.98. The molecule has 5 nitrogen and oxygen atoms in total. The molecule has 0 aliphatic rings. The van der Waals surface area contributed by atoms with Crippen molar-refractivity contribution in [2.45, 2.75) is 19.9 Å². The minimum absolute atomic E-state index is 0.0431. The van der Waals surface area contributed by atoms with Crippen molar-refractivity contribution in [3.05, 3.63) is 29.3 Å². The van der Waals surface area contributed by atoms with E-state index in [0.717, 1.165) is 0 Å². The van der Waals surface area contributed by atoms with Crippen LogP contribution in [0.25, 0.3) is 0 Å². The van der Waals surface area contributed by atoms with Gasteiger partial charge in [-0.25, -0.2) is 0 Å².